The molecule has 0 unspecified atom stereocenters. The second-order valence-electron chi connectivity index (χ2n) is 3.70. The predicted molar refractivity (Wildman–Crippen MR) is 59.6 cm³/mol. The summed E-state index contributed by atoms with van der Waals surface area (Å²) in [5, 5.41) is 0. The average molecular weight is 191 g/mol. The van der Waals surface area contributed by atoms with Gasteiger partial charge >= 0.3 is 0 Å². The molecule has 0 aliphatic rings. The molecule has 0 radical (unpaired) electrons. The molecule has 0 saturated carbocycles. The summed E-state index contributed by atoms with van der Waals surface area (Å²) < 4.78 is 0. The highest BCUT2D eigenvalue weighted by Gasteiger charge is 2.09. The highest BCUT2D eigenvalue weighted by molar-refractivity contribution is 6.01. The second-order valence-corrected chi connectivity index (χ2v) is 3.70. The van der Waals surface area contributed by atoms with Gasteiger partial charge in [0.15, 0.2) is 5.78 Å². The Balaban J connectivity index is 3.09. The predicted octanol–water partition coefficient (Wildman–Crippen LogP) is 2.87. The van der Waals surface area contributed by atoms with E-state index >= 15 is 0 Å². The quantitative estimate of drug-likeness (QED) is 0.589. The van der Waals surface area contributed by atoms with Crippen molar-refractivity contribution >= 4 is 11.5 Å². The van der Waals surface area contributed by atoms with Crippen molar-refractivity contribution in [2.45, 2.75) is 33.6 Å². The van der Waals surface area contributed by atoms with Gasteiger partial charge in [0.05, 0.1) is 0 Å². The first kappa shape index (κ1) is 10.8. The molecule has 0 spiro atoms. The molecule has 2 nitrogen and oxygen atoms in total. The summed E-state index contributed by atoms with van der Waals surface area (Å²) in [6.45, 7) is 5.99. The number of carbonyl (C=O) groups is 1. The number of benzene rings is 1. The summed E-state index contributed by atoms with van der Waals surface area (Å²) >= 11 is 0. The van der Waals surface area contributed by atoms with Crippen LogP contribution in [-0.4, -0.2) is 5.78 Å². The smallest absolute Gasteiger partial charge is 0.164 e. The van der Waals surface area contributed by atoms with Gasteiger partial charge < -0.3 is 5.73 Å². The van der Waals surface area contributed by atoms with Gasteiger partial charge in [-0.25, -0.2) is 0 Å². The number of ketones is 1. The normalized spacial score (nSPS) is 10.2. The summed E-state index contributed by atoms with van der Waals surface area (Å²) in [5.74, 6) is 0.146. The molecule has 0 heterocycles. The molecule has 0 amide bonds. The molecule has 0 aliphatic heterocycles. The molecule has 0 saturated heterocycles. The molecule has 14 heavy (non-hydrogen) atoms. The zero-order valence-corrected chi connectivity index (χ0v) is 9.05. The van der Waals surface area contributed by atoms with Crippen LogP contribution < -0.4 is 5.73 Å². The lowest BCUT2D eigenvalue weighted by molar-refractivity contribution is 0.0982. The fraction of sp³-hybridized carbons (Fsp3) is 0.417. The molecule has 1 aromatic carbocycles. The Hall–Kier alpha value is -1.31. The lowest BCUT2D eigenvalue weighted by atomic mass is 9.99. The fourth-order valence-electron chi connectivity index (χ4n) is 1.44. The van der Waals surface area contributed by atoms with Gasteiger partial charge in [-0.05, 0) is 43.5 Å². The zero-order chi connectivity index (χ0) is 10.7. The van der Waals surface area contributed by atoms with Crippen molar-refractivity contribution in [3.05, 3.63) is 28.8 Å². The molecular formula is C12H17NO. The molecule has 2 N–H and O–H groups in total. The van der Waals surface area contributed by atoms with Crippen LogP contribution in [-0.2, 0) is 0 Å². The van der Waals surface area contributed by atoms with Crippen LogP contribution >= 0.6 is 0 Å². The minimum Gasteiger partial charge on any atom is -0.398 e. The molecule has 1 rings (SSSR count). The van der Waals surface area contributed by atoms with E-state index in [1.54, 1.807) is 0 Å². The van der Waals surface area contributed by atoms with Gasteiger partial charge in [0.25, 0.3) is 0 Å². The second kappa shape index (κ2) is 4.27. The Bertz CT molecular complexity index is 356. The SMILES string of the molecule is CCCC(=O)c1cc(C)c(C)cc1N. The number of nitrogens with two attached hydrogens (primary N) is 1. The Labute approximate surface area is 85.1 Å². The Morgan fingerprint density at radius 1 is 1.29 bits per heavy atom. The van der Waals surface area contributed by atoms with Crippen molar-refractivity contribution in [2.24, 2.45) is 0 Å². The molecule has 0 bridgehead atoms. The van der Waals surface area contributed by atoms with Gasteiger partial charge in [0, 0.05) is 17.7 Å². The van der Waals surface area contributed by atoms with E-state index < -0.39 is 0 Å². The van der Waals surface area contributed by atoms with Gasteiger partial charge in [-0.15, -0.1) is 0 Å². The third kappa shape index (κ3) is 2.13. The molecule has 0 aliphatic carbocycles. The number of aryl methyl sites for hydroxylation is 2. The summed E-state index contributed by atoms with van der Waals surface area (Å²) in [4.78, 5) is 11.6. The maximum Gasteiger partial charge on any atom is 0.164 e. The first-order valence-corrected chi connectivity index (χ1v) is 4.96. The van der Waals surface area contributed by atoms with E-state index in [-0.39, 0.29) is 5.78 Å². The van der Waals surface area contributed by atoms with E-state index in [0.717, 1.165) is 17.5 Å². The molecule has 0 aromatic heterocycles. The number of anilines is 1. The van der Waals surface area contributed by atoms with E-state index in [9.17, 15) is 4.79 Å². The number of carbonyl (C=O) groups excluding carboxylic acids is 1. The molecule has 0 atom stereocenters. The van der Waals surface area contributed by atoms with Crippen LogP contribution in [0.5, 0.6) is 0 Å². The highest BCUT2D eigenvalue weighted by Crippen LogP contribution is 2.19. The molecule has 0 fully saturated rings. The highest BCUT2D eigenvalue weighted by atomic mass is 16.1. The van der Waals surface area contributed by atoms with Gasteiger partial charge in [-0.3, -0.25) is 4.79 Å². The first-order chi connectivity index (χ1) is 6.56. The number of nitrogen functional groups attached to an aromatic ring is 1. The van der Waals surface area contributed by atoms with Crippen LogP contribution in [0.2, 0.25) is 0 Å². The van der Waals surface area contributed by atoms with Gasteiger partial charge in [0.2, 0.25) is 0 Å². The maximum absolute atomic E-state index is 11.6. The van der Waals surface area contributed by atoms with E-state index in [1.165, 1.54) is 0 Å². The van der Waals surface area contributed by atoms with Crippen LogP contribution in [0.1, 0.15) is 41.3 Å². The maximum atomic E-state index is 11.6. The van der Waals surface area contributed by atoms with Crippen molar-refractivity contribution < 1.29 is 4.79 Å². The monoisotopic (exact) mass is 191 g/mol. The number of hydrogen-bond acceptors (Lipinski definition) is 2. The van der Waals surface area contributed by atoms with Crippen LogP contribution in [0.4, 0.5) is 5.69 Å². The van der Waals surface area contributed by atoms with E-state index in [4.69, 9.17) is 5.73 Å². The minimum absolute atomic E-state index is 0.146. The third-order valence-electron chi connectivity index (χ3n) is 2.44. The van der Waals surface area contributed by atoms with Crippen molar-refractivity contribution in [2.75, 3.05) is 5.73 Å². The van der Waals surface area contributed by atoms with Crippen molar-refractivity contribution in [1.82, 2.24) is 0 Å². The summed E-state index contributed by atoms with van der Waals surface area (Å²) in [6.07, 6.45) is 1.44. The van der Waals surface area contributed by atoms with Gasteiger partial charge in [-0.1, -0.05) is 6.92 Å². The largest absolute Gasteiger partial charge is 0.398 e. The van der Waals surface area contributed by atoms with Gasteiger partial charge in [-0.2, -0.15) is 0 Å². The molecule has 76 valence electrons. The summed E-state index contributed by atoms with van der Waals surface area (Å²) in [5.41, 5.74) is 9.34. The molecule has 2 heteroatoms. The lowest BCUT2D eigenvalue weighted by Crippen LogP contribution is -2.04. The minimum atomic E-state index is 0.146. The van der Waals surface area contributed by atoms with Gasteiger partial charge in [0.1, 0.15) is 0 Å². The Morgan fingerprint density at radius 3 is 2.43 bits per heavy atom. The van der Waals surface area contributed by atoms with Crippen molar-refractivity contribution in [3.63, 3.8) is 0 Å². The first-order valence-electron chi connectivity index (χ1n) is 4.96. The van der Waals surface area contributed by atoms with Crippen LogP contribution in [0.15, 0.2) is 12.1 Å². The van der Waals surface area contributed by atoms with E-state index in [2.05, 4.69) is 0 Å². The van der Waals surface area contributed by atoms with Crippen LogP contribution in [0.3, 0.4) is 0 Å². The van der Waals surface area contributed by atoms with E-state index in [1.807, 2.05) is 32.9 Å². The number of rotatable bonds is 3. The third-order valence-corrected chi connectivity index (χ3v) is 2.44. The van der Waals surface area contributed by atoms with Crippen LogP contribution in [0, 0.1) is 13.8 Å². The lowest BCUT2D eigenvalue weighted by Gasteiger charge is -2.07. The van der Waals surface area contributed by atoms with E-state index in [0.29, 0.717) is 17.7 Å². The Kier molecular flexibility index (Phi) is 3.28. The standard InChI is InChI=1S/C12H17NO/c1-4-5-12(14)10-6-8(2)9(3)7-11(10)13/h6-7H,4-5,13H2,1-3H3. The molecular weight excluding hydrogens is 174 g/mol. The fourth-order valence-corrected chi connectivity index (χ4v) is 1.44. The van der Waals surface area contributed by atoms with Crippen LogP contribution in [0.25, 0.3) is 0 Å². The van der Waals surface area contributed by atoms with Crippen molar-refractivity contribution in [3.8, 4) is 0 Å². The molecule has 1 aromatic rings. The summed E-state index contributed by atoms with van der Waals surface area (Å²) in [7, 11) is 0. The zero-order valence-electron chi connectivity index (χ0n) is 9.05. The van der Waals surface area contributed by atoms with Crippen molar-refractivity contribution in [1.29, 1.82) is 0 Å². The summed E-state index contributed by atoms with van der Waals surface area (Å²) in [6, 6.07) is 3.76. The average Bonchev–Trinajstić information content (AvgIpc) is 2.11. The number of hydrogen-bond donors (Lipinski definition) is 1. The number of Topliss-reactive ketones (excluding diaryl/α,β-unsaturated/α-hetero) is 1. The topological polar surface area (TPSA) is 43.1 Å². The Morgan fingerprint density at radius 2 is 1.86 bits per heavy atom.